The minimum Gasteiger partial charge on any atom is -0.398 e. The summed E-state index contributed by atoms with van der Waals surface area (Å²) in [6.45, 7) is 10.5. The van der Waals surface area contributed by atoms with Gasteiger partial charge in [-0.3, -0.25) is 4.99 Å². The highest BCUT2D eigenvalue weighted by atomic mass is 15.0. The summed E-state index contributed by atoms with van der Waals surface area (Å²) in [7, 11) is 0. The van der Waals surface area contributed by atoms with Crippen LogP contribution in [-0.2, 0) is 0 Å². The Hall–Kier alpha value is -1.84. The fourth-order valence-electron chi connectivity index (χ4n) is 1.23. The van der Waals surface area contributed by atoms with E-state index in [1.54, 1.807) is 6.21 Å². The Labute approximate surface area is 103 Å². The molecular weight excluding hydrogens is 212 g/mol. The lowest BCUT2D eigenvalue weighted by Crippen LogP contribution is -2.19. The van der Waals surface area contributed by atoms with Crippen LogP contribution in [0.3, 0.4) is 0 Å². The lowest BCUT2D eigenvalue weighted by Gasteiger charge is -2.14. The van der Waals surface area contributed by atoms with Gasteiger partial charge in [0.2, 0.25) is 0 Å². The Bertz CT molecular complexity index is 421. The second kappa shape index (κ2) is 6.03. The van der Waals surface area contributed by atoms with E-state index in [4.69, 9.17) is 5.73 Å². The van der Waals surface area contributed by atoms with Gasteiger partial charge >= 0.3 is 0 Å². The Morgan fingerprint density at radius 1 is 1.59 bits per heavy atom. The van der Waals surface area contributed by atoms with Gasteiger partial charge in [0.1, 0.15) is 5.82 Å². The molecule has 0 aliphatic carbocycles. The Balaban J connectivity index is 2.39. The summed E-state index contributed by atoms with van der Waals surface area (Å²) in [6.07, 6.45) is 4.45. The van der Waals surface area contributed by atoms with Gasteiger partial charge in [-0.05, 0) is 20.3 Å². The van der Waals surface area contributed by atoms with E-state index in [2.05, 4.69) is 28.8 Å². The largest absolute Gasteiger partial charge is 0.398 e. The van der Waals surface area contributed by atoms with Crippen LogP contribution >= 0.6 is 0 Å². The molecule has 0 unspecified atom stereocenters. The zero-order chi connectivity index (χ0) is 12.8. The molecule has 4 nitrogen and oxygen atoms in total. The lowest BCUT2D eigenvalue weighted by molar-refractivity contribution is 0.854. The molecule has 0 aromatic carbocycles. The van der Waals surface area contributed by atoms with E-state index in [0.29, 0.717) is 11.5 Å². The third kappa shape index (κ3) is 3.90. The van der Waals surface area contributed by atoms with Crippen LogP contribution in [-0.4, -0.2) is 19.0 Å². The molecule has 1 rings (SSSR count). The minimum atomic E-state index is 0.609. The van der Waals surface area contributed by atoms with Gasteiger partial charge in [-0.25, -0.2) is 4.99 Å². The van der Waals surface area contributed by atoms with Crippen LogP contribution in [0.2, 0.25) is 0 Å². The molecule has 0 aromatic heterocycles. The first-order valence-corrected chi connectivity index (χ1v) is 5.70. The lowest BCUT2D eigenvalue weighted by atomic mass is 10.1. The molecule has 0 aromatic rings. The van der Waals surface area contributed by atoms with Gasteiger partial charge in [0.25, 0.3) is 0 Å². The average Bonchev–Trinajstić information content (AvgIpc) is 2.25. The SMILES string of the molecule is C=C(N=CC(N)=C(C)C)NCC1=C(CC)N=C1. The van der Waals surface area contributed by atoms with Crippen molar-refractivity contribution in [1.29, 1.82) is 0 Å². The van der Waals surface area contributed by atoms with Crippen molar-refractivity contribution in [1.82, 2.24) is 5.32 Å². The Kier molecular flexibility index (Phi) is 4.69. The monoisotopic (exact) mass is 232 g/mol. The van der Waals surface area contributed by atoms with Gasteiger partial charge in [0, 0.05) is 29.7 Å². The van der Waals surface area contributed by atoms with E-state index in [0.717, 1.165) is 24.2 Å². The van der Waals surface area contributed by atoms with Crippen LogP contribution in [0, 0.1) is 0 Å². The van der Waals surface area contributed by atoms with Crippen molar-refractivity contribution >= 4 is 12.4 Å². The van der Waals surface area contributed by atoms with Gasteiger partial charge < -0.3 is 11.1 Å². The van der Waals surface area contributed by atoms with Crippen molar-refractivity contribution in [3.05, 3.63) is 34.9 Å². The molecule has 1 aliphatic heterocycles. The summed E-state index contributed by atoms with van der Waals surface area (Å²) in [5.41, 5.74) is 9.82. The van der Waals surface area contributed by atoms with E-state index < -0.39 is 0 Å². The van der Waals surface area contributed by atoms with Crippen molar-refractivity contribution < 1.29 is 0 Å². The second-order valence-corrected chi connectivity index (χ2v) is 4.10. The molecule has 17 heavy (non-hydrogen) atoms. The third-order valence-corrected chi connectivity index (χ3v) is 2.50. The maximum absolute atomic E-state index is 5.73. The van der Waals surface area contributed by atoms with Crippen LogP contribution in [0.25, 0.3) is 0 Å². The average molecular weight is 232 g/mol. The number of aliphatic imine (C=N–C) groups is 2. The molecular formula is C13H20N4. The van der Waals surface area contributed by atoms with Crippen molar-refractivity contribution in [3.63, 3.8) is 0 Å². The second-order valence-electron chi connectivity index (χ2n) is 4.10. The number of hydrogen-bond donors (Lipinski definition) is 2. The predicted octanol–water partition coefficient (Wildman–Crippen LogP) is 2.12. The number of allylic oxidation sites excluding steroid dienone is 3. The first-order valence-electron chi connectivity index (χ1n) is 5.70. The molecule has 0 fully saturated rings. The van der Waals surface area contributed by atoms with Crippen molar-refractivity contribution in [2.45, 2.75) is 27.2 Å². The summed E-state index contributed by atoms with van der Waals surface area (Å²) < 4.78 is 0. The Morgan fingerprint density at radius 2 is 2.29 bits per heavy atom. The molecule has 3 N–H and O–H groups in total. The molecule has 92 valence electrons. The van der Waals surface area contributed by atoms with Crippen molar-refractivity contribution in [2.75, 3.05) is 6.54 Å². The molecule has 1 aliphatic rings. The van der Waals surface area contributed by atoms with Crippen molar-refractivity contribution in [2.24, 2.45) is 15.7 Å². The third-order valence-electron chi connectivity index (χ3n) is 2.50. The number of nitrogens with two attached hydrogens (primary N) is 1. The molecule has 0 atom stereocenters. The van der Waals surface area contributed by atoms with Crippen molar-refractivity contribution in [3.8, 4) is 0 Å². The molecule has 0 saturated heterocycles. The van der Waals surface area contributed by atoms with E-state index in [9.17, 15) is 0 Å². The number of nitrogens with zero attached hydrogens (tertiary/aromatic N) is 2. The highest BCUT2D eigenvalue weighted by molar-refractivity contribution is 5.87. The Morgan fingerprint density at radius 3 is 2.76 bits per heavy atom. The number of nitrogens with one attached hydrogen (secondary N) is 1. The summed E-state index contributed by atoms with van der Waals surface area (Å²) in [5, 5.41) is 3.12. The van der Waals surface area contributed by atoms with Gasteiger partial charge in [-0.2, -0.15) is 0 Å². The number of hydrogen-bond acceptors (Lipinski definition) is 4. The van der Waals surface area contributed by atoms with E-state index in [-0.39, 0.29) is 0 Å². The summed E-state index contributed by atoms with van der Waals surface area (Å²) in [5.74, 6) is 0.609. The molecule has 0 saturated carbocycles. The summed E-state index contributed by atoms with van der Waals surface area (Å²) >= 11 is 0. The summed E-state index contributed by atoms with van der Waals surface area (Å²) in [6, 6.07) is 0. The molecule has 0 bridgehead atoms. The fourth-order valence-corrected chi connectivity index (χ4v) is 1.23. The van der Waals surface area contributed by atoms with Crippen LogP contribution in [0.4, 0.5) is 0 Å². The molecule has 4 heteroatoms. The molecule has 0 spiro atoms. The van der Waals surface area contributed by atoms with Crippen LogP contribution < -0.4 is 11.1 Å². The van der Waals surface area contributed by atoms with E-state index >= 15 is 0 Å². The van der Waals surface area contributed by atoms with Crippen LogP contribution in [0.15, 0.2) is 44.9 Å². The maximum Gasteiger partial charge on any atom is 0.118 e. The molecule has 0 amide bonds. The summed E-state index contributed by atoms with van der Waals surface area (Å²) in [4.78, 5) is 8.31. The van der Waals surface area contributed by atoms with Gasteiger partial charge in [0.05, 0.1) is 6.21 Å². The van der Waals surface area contributed by atoms with E-state index in [1.807, 2.05) is 20.1 Å². The van der Waals surface area contributed by atoms with Gasteiger partial charge in [-0.1, -0.05) is 19.1 Å². The fraction of sp³-hybridized carbons (Fsp3) is 0.385. The first-order chi connectivity index (χ1) is 8.04. The normalized spacial score (nSPS) is 13.8. The zero-order valence-electron chi connectivity index (χ0n) is 10.7. The highest BCUT2D eigenvalue weighted by Crippen LogP contribution is 2.16. The smallest absolute Gasteiger partial charge is 0.118 e. The maximum atomic E-state index is 5.73. The van der Waals surface area contributed by atoms with Crippen LogP contribution in [0.1, 0.15) is 27.2 Å². The standard InChI is InChI=1S/C13H20N4/c1-5-13-11(7-17-13)6-15-10(4)16-8-12(14)9(2)3/h7-8,15H,4-6,14H2,1-3H3. The predicted molar refractivity (Wildman–Crippen MR) is 74.0 cm³/mol. The van der Waals surface area contributed by atoms with Gasteiger partial charge in [0.15, 0.2) is 0 Å². The molecule has 1 heterocycles. The topological polar surface area (TPSA) is 62.8 Å². The minimum absolute atomic E-state index is 0.609. The first kappa shape index (κ1) is 13.2. The zero-order valence-corrected chi connectivity index (χ0v) is 10.7. The van der Waals surface area contributed by atoms with Crippen LogP contribution in [0.5, 0.6) is 0 Å². The number of rotatable bonds is 6. The molecule has 0 radical (unpaired) electrons. The van der Waals surface area contributed by atoms with Gasteiger partial charge in [-0.15, -0.1) is 0 Å². The van der Waals surface area contributed by atoms with E-state index in [1.165, 1.54) is 5.57 Å². The highest BCUT2D eigenvalue weighted by Gasteiger charge is 2.08. The quantitative estimate of drug-likeness (QED) is 0.689.